The van der Waals surface area contributed by atoms with Gasteiger partial charge in [-0.05, 0) is 48.6 Å². The zero-order valence-corrected chi connectivity index (χ0v) is 22.0. The van der Waals surface area contributed by atoms with Crippen LogP contribution in [0.1, 0.15) is 25.3 Å². The van der Waals surface area contributed by atoms with Crippen molar-refractivity contribution in [3.05, 3.63) is 64.8 Å². The van der Waals surface area contributed by atoms with E-state index in [1.54, 1.807) is 12.1 Å². The molecule has 2 aliphatic heterocycles. The van der Waals surface area contributed by atoms with E-state index in [9.17, 15) is 35.1 Å². The summed E-state index contributed by atoms with van der Waals surface area (Å²) < 4.78 is 22.6. The van der Waals surface area contributed by atoms with Crippen LogP contribution >= 0.6 is 0 Å². The van der Waals surface area contributed by atoms with E-state index in [0.717, 1.165) is 16.7 Å². The molecule has 0 radical (unpaired) electrons. The predicted octanol–water partition coefficient (Wildman–Crippen LogP) is 0.427. The van der Waals surface area contributed by atoms with E-state index >= 15 is 0 Å². The van der Waals surface area contributed by atoms with E-state index in [1.165, 1.54) is 12.1 Å². The van der Waals surface area contributed by atoms with Crippen LogP contribution < -0.4 is 0 Å². The molecule has 2 heterocycles. The first kappa shape index (κ1) is 28.5. The average Bonchev–Trinajstić information content (AvgIpc) is 3.44. The lowest BCUT2D eigenvalue weighted by atomic mass is 9.83. The van der Waals surface area contributed by atoms with Gasteiger partial charge in [-0.2, -0.15) is 0 Å². The molecule has 11 heteroatoms. The Balaban J connectivity index is 1.29. The molecule has 0 bridgehead atoms. The van der Waals surface area contributed by atoms with Gasteiger partial charge in [-0.25, -0.2) is 4.79 Å². The number of carbonyl (C=O) groups is 2. The van der Waals surface area contributed by atoms with Crippen LogP contribution in [0, 0.1) is 11.8 Å². The Hall–Kier alpha value is -3.06. The van der Waals surface area contributed by atoms with Gasteiger partial charge in [0.1, 0.15) is 30.2 Å². The fourth-order valence-corrected chi connectivity index (χ4v) is 6.00. The number of ether oxygens (including phenoxy) is 4. The van der Waals surface area contributed by atoms with Crippen molar-refractivity contribution >= 4 is 11.9 Å². The van der Waals surface area contributed by atoms with Crippen LogP contribution in [-0.2, 0) is 35.0 Å². The molecule has 0 spiro atoms. The molecule has 1 aromatic carbocycles. The van der Waals surface area contributed by atoms with E-state index in [0.29, 0.717) is 24.0 Å². The molecular weight excluding hydrogens is 524 g/mol. The third-order valence-corrected chi connectivity index (χ3v) is 8.31. The van der Waals surface area contributed by atoms with Crippen molar-refractivity contribution in [2.75, 3.05) is 13.2 Å². The van der Waals surface area contributed by atoms with Gasteiger partial charge in [-0.3, -0.25) is 4.79 Å². The lowest BCUT2D eigenvalue weighted by molar-refractivity contribution is -0.301. The molecule has 0 aromatic heterocycles. The molecule has 4 aliphatic rings. The minimum absolute atomic E-state index is 0.0416. The van der Waals surface area contributed by atoms with Crippen LogP contribution in [-0.4, -0.2) is 93.6 Å². The summed E-state index contributed by atoms with van der Waals surface area (Å²) in [6, 6.07) is 5.94. The maximum absolute atomic E-state index is 12.6. The molecular formula is C29H34O11. The highest BCUT2D eigenvalue weighted by Gasteiger charge is 2.51. The van der Waals surface area contributed by atoms with E-state index in [-0.39, 0.29) is 30.6 Å². The van der Waals surface area contributed by atoms with Gasteiger partial charge in [0.2, 0.25) is 0 Å². The number of fused-ring (bicyclic) bond motifs is 3. The van der Waals surface area contributed by atoms with Gasteiger partial charge in [0.25, 0.3) is 0 Å². The number of phenols is 1. The normalized spacial score (nSPS) is 35.5. The summed E-state index contributed by atoms with van der Waals surface area (Å²) >= 11 is 0. The van der Waals surface area contributed by atoms with Crippen molar-refractivity contribution in [2.24, 2.45) is 11.8 Å². The van der Waals surface area contributed by atoms with Gasteiger partial charge in [-0.1, -0.05) is 30.4 Å². The summed E-state index contributed by atoms with van der Waals surface area (Å²) in [6.45, 7) is 5.06. The lowest BCUT2D eigenvalue weighted by Crippen LogP contribution is -2.60. The zero-order valence-electron chi connectivity index (χ0n) is 22.0. The maximum Gasteiger partial charge on any atom is 0.334 e. The standard InChI is InChI=1S/C29H34O11/c1-13-18-8-5-16(23(18)26-19(10-20(13)32)14(2)28(36)40-26)12-37-29-25(35)27(24(34)21(11-30)38-29)39-22(33)9-15-3-6-17(31)7-4-15/h3-7,19-21,23-27,29-32,34-35H,2,8-12H2,1H3/t19-,20+,21+,23-,24+,25+,26-,27-,29+/m0/s1. The number of benzene rings is 1. The molecule has 5 rings (SSSR count). The predicted molar refractivity (Wildman–Crippen MR) is 137 cm³/mol. The molecule has 1 aromatic rings. The number of rotatable bonds is 7. The molecule has 2 fully saturated rings. The van der Waals surface area contributed by atoms with Crippen LogP contribution in [0.25, 0.3) is 0 Å². The summed E-state index contributed by atoms with van der Waals surface area (Å²) in [7, 11) is 0. The molecule has 5 N–H and O–H groups in total. The van der Waals surface area contributed by atoms with Crippen molar-refractivity contribution < 1.29 is 54.1 Å². The quantitative estimate of drug-likeness (QED) is 0.178. The first-order valence-corrected chi connectivity index (χ1v) is 13.3. The highest BCUT2D eigenvalue weighted by atomic mass is 16.7. The summed E-state index contributed by atoms with van der Waals surface area (Å²) in [4.78, 5) is 24.9. The largest absolute Gasteiger partial charge is 0.508 e. The Bertz CT molecular complexity index is 1220. The number of hydrogen-bond acceptors (Lipinski definition) is 11. The third-order valence-electron chi connectivity index (χ3n) is 8.31. The molecule has 9 atom stereocenters. The van der Waals surface area contributed by atoms with Crippen LogP contribution in [0.15, 0.2) is 59.2 Å². The molecule has 2 saturated heterocycles. The van der Waals surface area contributed by atoms with Crippen molar-refractivity contribution in [3.8, 4) is 5.75 Å². The summed E-state index contributed by atoms with van der Waals surface area (Å²) in [5.74, 6) is -1.88. The van der Waals surface area contributed by atoms with E-state index < -0.39 is 61.5 Å². The lowest BCUT2D eigenvalue weighted by Gasteiger charge is -2.41. The highest BCUT2D eigenvalue weighted by molar-refractivity contribution is 5.91. The summed E-state index contributed by atoms with van der Waals surface area (Å²) in [5, 5.41) is 51.5. The first-order chi connectivity index (χ1) is 19.1. The second-order valence-corrected chi connectivity index (χ2v) is 10.7. The Kier molecular flexibility index (Phi) is 8.14. The highest BCUT2D eigenvalue weighted by Crippen LogP contribution is 2.48. The average molecular weight is 559 g/mol. The Morgan fingerprint density at radius 1 is 1.15 bits per heavy atom. The van der Waals surface area contributed by atoms with Gasteiger partial charge in [-0.15, -0.1) is 0 Å². The van der Waals surface area contributed by atoms with Crippen molar-refractivity contribution in [3.63, 3.8) is 0 Å². The van der Waals surface area contributed by atoms with E-state index in [4.69, 9.17) is 18.9 Å². The number of aromatic hydroxyl groups is 1. The first-order valence-electron chi connectivity index (χ1n) is 13.3. The second-order valence-electron chi connectivity index (χ2n) is 10.7. The van der Waals surface area contributed by atoms with E-state index in [1.807, 2.05) is 13.0 Å². The zero-order chi connectivity index (χ0) is 28.7. The van der Waals surface area contributed by atoms with Gasteiger partial charge >= 0.3 is 11.9 Å². The number of carbonyl (C=O) groups excluding carboxylic acids is 2. The van der Waals surface area contributed by atoms with E-state index in [2.05, 4.69) is 6.58 Å². The smallest absolute Gasteiger partial charge is 0.334 e. The fourth-order valence-electron chi connectivity index (χ4n) is 6.00. The molecule has 0 unspecified atom stereocenters. The Morgan fingerprint density at radius 2 is 1.88 bits per heavy atom. The minimum atomic E-state index is -1.58. The van der Waals surface area contributed by atoms with Crippen molar-refractivity contribution in [1.82, 2.24) is 0 Å². The molecule has 40 heavy (non-hydrogen) atoms. The molecule has 0 saturated carbocycles. The Morgan fingerprint density at radius 3 is 2.58 bits per heavy atom. The van der Waals surface area contributed by atoms with Crippen LogP contribution in [0.4, 0.5) is 0 Å². The monoisotopic (exact) mass is 558 g/mol. The molecule has 0 amide bonds. The van der Waals surface area contributed by atoms with Gasteiger partial charge in [0, 0.05) is 17.4 Å². The second kappa shape index (κ2) is 11.4. The van der Waals surface area contributed by atoms with Crippen molar-refractivity contribution in [1.29, 1.82) is 0 Å². The number of aliphatic hydroxyl groups excluding tert-OH is 4. The van der Waals surface area contributed by atoms with Crippen LogP contribution in [0.5, 0.6) is 5.75 Å². The summed E-state index contributed by atoms with van der Waals surface area (Å²) in [6.07, 6.45) is -5.74. The van der Waals surface area contributed by atoms with Crippen molar-refractivity contribution in [2.45, 2.75) is 69.1 Å². The SMILES string of the molecule is C=C1C(=O)O[C@@H]2[C@H]3C(CO[C@@H]4O[C@H](CO)[C@@H](O)[C@H](OC(=O)Cc5ccc(O)cc5)[C@H]4O)=CCC3=C(C)[C@H](O)C[C@@H]12. The van der Waals surface area contributed by atoms with Crippen LogP contribution in [0.3, 0.4) is 0 Å². The minimum Gasteiger partial charge on any atom is -0.508 e. The van der Waals surface area contributed by atoms with Crippen LogP contribution in [0.2, 0.25) is 0 Å². The number of hydrogen-bond donors (Lipinski definition) is 5. The number of esters is 2. The fraction of sp³-hybridized carbons (Fsp3) is 0.517. The topological polar surface area (TPSA) is 172 Å². The molecule has 216 valence electrons. The van der Waals surface area contributed by atoms with Gasteiger partial charge in [0.15, 0.2) is 12.4 Å². The number of allylic oxidation sites excluding steroid dienone is 1. The van der Waals surface area contributed by atoms with Gasteiger partial charge in [0.05, 0.1) is 25.7 Å². The molecule has 11 nitrogen and oxygen atoms in total. The summed E-state index contributed by atoms with van der Waals surface area (Å²) in [5.41, 5.74) is 3.40. The maximum atomic E-state index is 12.6. The number of aliphatic hydroxyl groups is 4. The van der Waals surface area contributed by atoms with Gasteiger partial charge < -0.3 is 44.5 Å². The number of phenolic OH excluding ortho intramolecular Hbond substituents is 1. The Labute approximate surface area is 230 Å². The molecule has 2 aliphatic carbocycles. The third kappa shape index (κ3) is 5.32.